The summed E-state index contributed by atoms with van der Waals surface area (Å²) in [6, 6.07) is 17.4. The lowest BCUT2D eigenvalue weighted by Crippen LogP contribution is -2.56. The van der Waals surface area contributed by atoms with E-state index < -0.39 is 6.03 Å². The zero-order valence-corrected chi connectivity index (χ0v) is 21.0. The van der Waals surface area contributed by atoms with Crippen LogP contribution in [-0.4, -0.2) is 80.4 Å². The predicted molar refractivity (Wildman–Crippen MR) is 138 cm³/mol. The molecule has 3 aliphatic heterocycles. The van der Waals surface area contributed by atoms with E-state index >= 15 is 0 Å². The van der Waals surface area contributed by atoms with Gasteiger partial charge in [0.2, 0.25) is 5.91 Å². The lowest BCUT2D eigenvalue weighted by Gasteiger charge is -2.39. The van der Waals surface area contributed by atoms with Gasteiger partial charge in [-0.25, -0.2) is 14.8 Å². The van der Waals surface area contributed by atoms with Crippen LogP contribution in [0.1, 0.15) is 45.3 Å². The second-order valence-corrected chi connectivity index (χ2v) is 9.80. The largest absolute Gasteiger partial charge is 0.342 e. The van der Waals surface area contributed by atoms with Crippen molar-refractivity contribution in [3.05, 3.63) is 95.1 Å². The van der Waals surface area contributed by atoms with Crippen molar-refractivity contribution >= 4 is 17.8 Å². The summed E-state index contributed by atoms with van der Waals surface area (Å²) < 4.78 is 0. The molecule has 0 radical (unpaired) electrons. The van der Waals surface area contributed by atoms with Crippen molar-refractivity contribution in [2.24, 2.45) is 0 Å². The number of hydrazine groups is 1. The zero-order valence-electron chi connectivity index (χ0n) is 21.0. The van der Waals surface area contributed by atoms with E-state index in [1.165, 1.54) is 10.0 Å². The topological polar surface area (TPSA) is 102 Å². The Balaban J connectivity index is 1.11. The van der Waals surface area contributed by atoms with Crippen LogP contribution in [-0.2, 0) is 17.9 Å². The summed E-state index contributed by atoms with van der Waals surface area (Å²) in [6.07, 6.45) is 3.85. The molecule has 38 heavy (non-hydrogen) atoms. The standard InChI is InChI=1S/C28H29N7O3/c36-25-9-12-34(28(38)31-25)35-19-21-17-20(7-8-22(21)27(35)37)18-32-13-15-33(16-14-32)26(23-5-1-3-10-29-23)24-6-2-4-11-30-24/h1-8,10-11,17,26H,9,12-16,18-19H2,(H,31,36,38). The van der Waals surface area contributed by atoms with Crippen LogP contribution in [0.3, 0.4) is 0 Å². The van der Waals surface area contributed by atoms with E-state index in [0.29, 0.717) is 12.1 Å². The Morgan fingerprint density at radius 1 is 0.816 bits per heavy atom. The van der Waals surface area contributed by atoms with Gasteiger partial charge in [0.05, 0.1) is 30.5 Å². The van der Waals surface area contributed by atoms with Crippen LogP contribution in [0.4, 0.5) is 4.79 Å². The molecule has 0 atom stereocenters. The number of hydrogen-bond acceptors (Lipinski definition) is 7. The highest BCUT2D eigenvalue weighted by molar-refractivity contribution is 6.01. The van der Waals surface area contributed by atoms with Crippen LogP contribution >= 0.6 is 0 Å². The fraction of sp³-hybridized carbons (Fsp3) is 0.321. The maximum atomic E-state index is 13.0. The Labute approximate surface area is 220 Å². The molecule has 2 fully saturated rings. The van der Waals surface area contributed by atoms with E-state index in [-0.39, 0.29) is 30.8 Å². The summed E-state index contributed by atoms with van der Waals surface area (Å²) in [6.45, 7) is 4.90. The van der Waals surface area contributed by atoms with Gasteiger partial charge in [-0.1, -0.05) is 24.3 Å². The third kappa shape index (κ3) is 4.75. The Hall–Kier alpha value is -4.15. The maximum absolute atomic E-state index is 13.0. The third-order valence-corrected chi connectivity index (χ3v) is 7.39. The molecule has 2 saturated heterocycles. The van der Waals surface area contributed by atoms with E-state index in [2.05, 4.69) is 43.3 Å². The van der Waals surface area contributed by atoms with E-state index in [1.807, 2.05) is 48.8 Å². The summed E-state index contributed by atoms with van der Waals surface area (Å²) in [4.78, 5) is 50.8. The number of piperazine rings is 1. The average molecular weight is 512 g/mol. The van der Waals surface area contributed by atoms with E-state index in [9.17, 15) is 14.4 Å². The molecule has 10 heteroatoms. The first-order chi connectivity index (χ1) is 18.6. The first-order valence-electron chi connectivity index (χ1n) is 12.9. The Kier molecular flexibility index (Phi) is 6.57. The maximum Gasteiger partial charge on any atom is 0.342 e. The second-order valence-electron chi connectivity index (χ2n) is 9.80. The number of nitrogens with one attached hydrogen (secondary N) is 1. The smallest absolute Gasteiger partial charge is 0.297 e. The highest BCUT2D eigenvalue weighted by Gasteiger charge is 2.37. The highest BCUT2D eigenvalue weighted by atomic mass is 16.2. The van der Waals surface area contributed by atoms with Crippen molar-refractivity contribution in [1.82, 2.24) is 35.1 Å². The second kappa shape index (κ2) is 10.3. The quantitative estimate of drug-likeness (QED) is 0.541. The molecule has 0 unspecified atom stereocenters. The van der Waals surface area contributed by atoms with Gasteiger partial charge in [0.15, 0.2) is 0 Å². The number of carbonyl (C=O) groups is 3. The van der Waals surface area contributed by atoms with E-state index in [1.54, 1.807) is 0 Å². The van der Waals surface area contributed by atoms with Crippen molar-refractivity contribution in [2.45, 2.75) is 25.6 Å². The molecule has 0 saturated carbocycles. The summed E-state index contributed by atoms with van der Waals surface area (Å²) in [5, 5.41) is 5.06. The number of amides is 4. The molecule has 0 spiro atoms. The Morgan fingerprint density at radius 2 is 1.53 bits per heavy atom. The number of fused-ring (bicyclic) bond motifs is 1. The molecular formula is C28H29N7O3. The van der Waals surface area contributed by atoms with Gasteiger partial charge in [0.1, 0.15) is 0 Å². The van der Waals surface area contributed by atoms with Gasteiger partial charge >= 0.3 is 6.03 Å². The predicted octanol–water partition coefficient (Wildman–Crippen LogP) is 2.20. The molecule has 1 aromatic carbocycles. The number of carbonyl (C=O) groups excluding carboxylic acids is 3. The summed E-state index contributed by atoms with van der Waals surface area (Å²) in [7, 11) is 0. The summed E-state index contributed by atoms with van der Waals surface area (Å²) >= 11 is 0. The third-order valence-electron chi connectivity index (χ3n) is 7.39. The molecule has 4 amide bonds. The number of imide groups is 1. The van der Waals surface area contributed by atoms with Crippen molar-refractivity contribution < 1.29 is 14.4 Å². The molecular weight excluding hydrogens is 482 g/mol. The van der Waals surface area contributed by atoms with Crippen LogP contribution in [0.25, 0.3) is 0 Å². The minimum absolute atomic E-state index is 0.0128. The number of nitrogens with zero attached hydrogens (tertiary/aromatic N) is 6. The van der Waals surface area contributed by atoms with Crippen molar-refractivity contribution in [1.29, 1.82) is 0 Å². The Bertz CT molecular complexity index is 1300. The number of pyridine rings is 2. The number of hydrogen-bond donors (Lipinski definition) is 1. The molecule has 2 aromatic heterocycles. The summed E-state index contributed by atoms with van der Waals surface area (Å²) in [5.41, 5.74) is 4.65. The van der Waals surface area contributed by atoms with Crippen LogP contribution in [0.2, 0.25) is 0 Å². The van der Waals surface area contributed by atoms with Crippen molar-refractivity contribution in [2.75, 3.05) is 32.7 Å². The van der Waals surface area contributed by atoms with Crippen LogP contribution in [0.5, 0.6) is 0 Å². The average Bonchev–Trinajstić information content (AvgIpc) is 3.26. The number of urea groups is 1. The molecule has 5 heterocycles. The molecule has 3 aliphatic rings. The highest BCUT2D eigenvalue weighted by Crippen LogP contribution is 2.29. The van der Waals surface area contributed by atoms with E-state index in [4.69, 9.17) is 0 Å². The molecule has 194 valence electrons. The minimum atomic E-state index is -0.546. The Morgan fingerprint density at radius 3 is 2.16 bits per heavy atom. The number of aromatic nitrogens is 2. The van der Waals surface area contributed by atoms with Gasteiger partial charge in [0, 0.05) is 57.1 Å². The minimum Gasteiger partial charge on any atom is -0.297 e. The monoisotopic (exact) mass is 511 g/mol. The lowest BCUT2D eigenvalue weighted by molar-refractivity contribution is -0.123. The molecule has 3 aromatic rings. The molecule has 0 bridgehead atoms. The van der Waals surface area contributed by atoms with Gasteiger partial charge in [-0.15, -0.1) is 0 Å². The van der Waals surface area contributed by atoms with Gasteiger partial charge < -0.3 is 0 Å². The molecule has 0 aliphatic carbocycles. The van der Waals surface area contributed by atoms with Gasteiger partial charge in [-0.3, -0.25) is 34.7 Å². The van der Waals surface area contributed by atoms with Gasteiger partial charge in [0.25, 0.3) is 5.91 Å². The number of benzene rings is 1. The first kappa shape index (κ1) is 24.2. The van der Waals surface area contributed by atoms with Crippen LogP contribution in [0, 0.1) is 0 Å². The number of rotatable bonds is 6. The van der Waals surface area contributed by atoms with Crippen molar-refractivity contribution in [3.8, 4) is 0 Å². The lowest BCUT2D eigenvalue weighted by atomic mass is 10.0. The van der Waals surface area contributed by atoms with Crippen LogP contribution in [0.15, 0.2) is 67.0 Å². The normalized spacial score (nSPS) is 18.7. The summed E-state index contributed by atoms with van der Waals surface area (Å²) in [5.74, 6) is -0.524. The fourth-order valence-corrected chi connectivity index (χ4v) is 5.48. The first-order valence-corrected chi connectivity index (χ1v) is 12.9. The fourth-order valence-electron chi connectivity index (χ4n) is 5.48. The molecule has 6 rings (SSSR count). The SMILES string of the molecule is O=C1CCN(N2Cc3cc(CN4CCN(C(c5ccccn5)c5ccccn5)CC4)ccc3C2=O)C(=O)N1. The van der Waals surface area contributed by atoms with Gasteiger partial charge in [-0.2, -0.15) is 0 Å². The van der Waals surface area contributed by atoms with E-state index in [0.717, 1.165) is 55.2 Å². The zero-order chi connectivity index (χ0) is 26.1. The van der Waals surface area contributed by atoms with Gasteiger partial charge in [-0.05, 0) is 41.5 Å². The molecule has 10 nitrogen and oxygen atoms in total. The van der Waals surface area contributed by atoms with Crippen LogP contribution < -0.4 is 5.32 Å². The van der Waals surface area contributed by atoms with Crippen molar-refractivity contribution in [3.63, 3.8) is 0 Å². The molecule has 1 N–H and O–H groups in total.